The lowest BCUT2D eigenvalue weighted by Crippen LogP contribution is -2.28. The molecule has 0 atom stereocenters. The van der Waals surface area contributed by atoms with Gasteiger partial charge in [-0.2, -0.15) is 0 Å². The van der Waals surface area contributed by atoms with Crippen molar-refractivity contribution in [2.24, 2.45) is 0 Å². The zero-order chi connectivity index (χ0) is 13.7. The first-order chi connectivity index (χ1) is 9.08. The lowest BCUT2D eigenvalue weighted by atomic mass is 10.3. The molecule has 2 rings (SSSR count). The first-order valence-electron chi connectivity index (χ1n) is 6.30. The maximum absolute atomic E-state index is 12.0. The largest absolute Gasteiger partial charge is 0.377 e. The number of ether oxygens (including phenoxy) is 1. The first kappa shape index (κ1) is 14.9. The Morgan fingerprint density at radius 1 is 1.37 bits per heavy atom. The Bertz CT molecular complexity index is 515. The Kier molecular flexibility index (Phi) is 5.32. The molecule has 1 fully saturated rings. The third-order valence-corrected chi connectivity index (χ3v) is 4.90. The number of nitrogens with zero attached hydrogens (tertiary/aromatic N) is 1. The van der Waals surface area contributed by atoms with Crippen LogP contribution in [0.5, 0.6) is 0 Å². The highest BCUT2D eigenvalue weighted by Crippen LogP contribution is 2.20. The summed E-state index contributed by atoms with van der Waals surface area (Å²) >= 11 is 3.20. The number of sulfonamides is 1. The van der Waals surface area contributed by atoms with Gasteiger partial charge in [0.25, 0.3) is 0 Å². The van der Waals surface area contributed by atoms with Gasteiger partial charge in [0, 0.05) is 23.4 Å². The number of rotatable bonds is 6. The normalized spacial score (nSPS) is 16.9. The molecule has 1 aromatic heterocycles. The fraction of sp³-hybridized carbons (Fsp3) is 0.583. The minimum atomic E-state index is -3.50. The van der Waals surface area contributed by atoms with Crippen LogP contribution < -0.4 is 4.72 Å². The Balaban J connectivity index is 1.80. The molecule has 1 heterocycles. The molecule has 0 spiro atoms. The fourth-order valence-electron chi connectivity index (χ4n) is 2.08. The molecule has 1 aliphatic carbocycles. The minimum Gasteiger partial charge on any atom is -0.377 e. The molecule has 106 valence electrons. The SMILES string of the molecule is O=S(=O)(NCCOC1CCCC1)c1cncc(Br)c1. The van der Waals surface area contributed by atoms with Crippen LogP contribution in [0.25, 0.3) is 0 Å². The van der Waals surface area contributed by atoms with Gasteiger partial charge in [0.1, 0.15) is 4.90 Å². The molecule has 1 N–H and O–H groups in total. The van der Waals surface area contributed by atoms with Crippen LogP contribution in [0.4, 0.5) is 0 Å². The second-order valence-electron chi connectivity index (χ2n) is 4.51. The zero-order valence-corrected chi connectivity index (χ0v) is 12.9. The van der Waals surface area contributed by atoms with Crippen molar-refractivity contribution < 1.29 is 13.2 Å². The van der Waals surface area contributed by atoms with E-state index < -0.39 is 10.0 Å². The van der Waals surface area contributed by atoms with E-state index in [-0.39, 0.29) is 11.4 Å². The smallest absolute Gasteiger partial charge is 0.242 e. The van der Waals surface area contributed by atoms with Gasteiger partial charge in [0.05, 0.1) is 12.7 Å². The molecular weight excluding hydrogens is 332 g/mol. The van der Waals surface area contributed by atoms with Crippen LogP contribution in [0.1, 0.15) is 25.7 Å². The number of hydrogen-bond donors (Lipinski definition) is 1. The molecule has 1 aromatic rings. The van der Waals surface area contributed by atoms with E-state index in [9.17, 15) is 8.42 Å². The van der Waals surface area contributed by atoms with Crippen LogP contribution >= 0.6 is 15.9 Å². The van der Waals surface area contributed by atoms with Crippen LogP contribution in [0, 0.1) is 0 Å². The van der Waals surface area contributed by atoms with Crippen molar-refractivity contribution in [1.29, 1.82) is 0 Å². The van der Waals surface area contributed by atoms with E-state index in [2.05, 4.69) is 25.6 Å². The van der Waals surface area contributed by atoms with Crippen LogP contribution in [0.2, 0.25) is 0 Å². The number of pyridine rings is 1. The summed E-state index contributed by atoms with van der Waals surface area (Å²) in [5, 5.41) is 0. The highest BCUT2D eigenvalue weighted by Gasteiger charge is 2.17. The van der Waals surface area contributed by atoms with E-state index in [0.717, 1.165) is 12.8 Å². The molecule has 1 aliphatic rings. The van der Waals surface area contributed by atoms with Crippen LogP contribution in [0.15, 0.2) is 27.8 Å². The van der Waals surface area contributed by atoms with Crippen LogP contribution in [0.3, 0.4) is 0 Å². The van der Waals surface area contributed by atoms with Gasteiger partial charge in [-0.25, -0.2) is 13.1 Å². The topological polar surface area (TPSA) is 68.3 Å². The number of nitrogens with one attached hydrogen (secondary N) is 1. The summed E-state index contributed by atoms with van der Waals surface area (Å²) < 4.78 is 32.7. The van der Waals surface area contributed by atoms with Crippen molar-refractivity contribution in [1.82, 2.24) is 9.71 Å². The molecule has 0 unspecified atom stereocenters. The summed E-state index contributed by atoms with van der Waals surface area (Å²) in [5.74, 6) is 0. The lowest BCUT2D eigenvalue weighted by Gasteiger charge is -2.11. The zero-order valence-electron chi connectivity index (χ0n) is 10.5. The average molecular weight is 349 g/mol. The van der Waals surface area contributed by atoms with Gasteiger partial charge in [0.2, 0.25) is 10.0 Å². The van der Waals surface area contributed by atoms with Gasteiger partial charge in [-0.1, -0.05) is 12.8 Å². The van der Waals surface area contributed by atoms with E-state index in [4.69, 9.17) is 4.74 Å². The van der Waals surface area contributed by atoms with Crippen molar-refractivity contribution in [3.8, 4) is 0 Å². The number of halogens is 1. The Hall–Kier alpha value is -0.500. The Morgan fingerprint density at radius 3 is 2.79 bits per heavy atom. The lowest BCUT2D eigenvalue weighted by molar-refractivity contribution is 0.0626. The van der Waals surface area contributed by atoms with E-state index >= 15 is 0 Å². The third kappa shape index (κ3) is 4.52. The molecule has 7 heteroatoms. The Labute approximate surface area is 121 Å². The third-order valence-electron chi connectivity index (χ3n) is 3.04. The molecule has 0 radical (unpaired) electrons. The predicted octanol–water partition coefficient (Wildman–Crippen LogP) is 2.08. The van der Waals surface area contributed by atoms with Gasteiger partial charge in [-0.05, 0) is 34.8 Å². The van der Waals surface area contributed by atoms with E-state index in [1.54, 1.807) is 6.20 Å². The summed E-state index contributed by atoms with van der Waals surface area (Å²) in [7, 11) is -3.50. The molecule has 5 nitrogen and oxygen atoms in total. The predicted molar refractivity (Wildman–Crippen MR) is 75.3 cm³/mol. The van der Waals surface area contributed by atoms with Crippen molar-refractivity contribution in [3.05, 3.63) is 22.9 Å². The molecule has 0 aliphatic heterocycles. The van der Waals surface area contributed by atoms with E-state index in [0.29, 0.717) is 17.2 Å². The number of aromatic nitrogens is 1. The van der Waals surface area contributed by atoms with Crippen LogP contribution in [-0.2, 0) is 14.8 Å². The minimum absolute atomic E-state index is 0.155. The van der Waals surface area contributed by atoms with Gasteiger partial charge in [-0.3, -0.25) is 4.98 Å². The molecule has 0 aromatic carbocycles. The van der Waals surface area contributed by atoms with Crippen LogP contribution in [-0.4, -0.2) is 32.7 Å². The van der Waals surface area contributed by atoms with Gasteiger partial charge >= 0.3 is 0 Å². The van der Waals surface area contributed by atoms with Gasteiger partial charge < -0.3 is 4.74 Å². The molecule has 0 saturated heterocycles. The molecular formula is C12H17BrN2O3S. The van der Waals surface area contributed by atoms with E-state index in [1.165, 1.54) is 25.1 Å². The van der Waals surface area contributed by atoms with Crippen molar-refractivity contribution in [2.45, 2.75) is 36.7 Å². The Morgan fingerprint density at radius 2 is 2.11 bits per heavy atom. The van der Waals surface area contributed by atoms with Crippen molar-refractivity contribution in [2.75, 3.05) is 13.2 Å². The highest BCUT2D eigenvalue weighted by molar-refractivity contribution is 9.10. The second kappa shape index (κ2) is 6.78. The highest BCUT2D eigenvalue weighted by atomic mass is 79.9. The molecule has 0 amide bonds. The first-order valence-corrected chi connectivity index (χ1v) is 8.57. The van der Waals surface area contributed by atoms with E-state index in [1.807, 2.05) is 0 Å². The maximum atomic E-state index is 12.0. The molecule has 19 heavy (non-hydrogen) atoms. The number of hydrogen-bond acceptors (Lipinski definition) is 4. The van der Waals surface area contributed by atoms with Gasteiger partial charge in [0.15, 0.2) is 0 Å². The second-order valence-corrected chi connectivity index (χ2v) is 7.20. The maximum Gasteiger partial charge on any atom is 0.242 e. The van der Waals surface area contributed by atoms with Crippen molar-refractivity contribution >= 4 is 26.0 Å². The summed E-state index contributed by atoms with van der Waals surface area (Å²) in [5.41, 5.74) is 0. The summed E-state index contributed by atoms with van der Waals surface area (Å²) in [6.07, 6.45) is 7.76. The standard InChI is InChI=1S/C12H17BrN2O3S/c13-10-7-12(9-14-8-10)19(16,17)15-5-6-18-11-3-1-2-4-11/h7-9,11,15H,1-6H2. The van der Waals surface area contributed by atoms with Gasteiger partial charge in [-0.15, -0.1) is 0 Å². The fourth-order valence-corrected chi connectivity index (χ4v) is 3.60. The quantitative estimate of drug-likeness (QED) is 0.799. The average Bonchev–Trinajstić information content (AvgIpc) is 2.88. The molecule has 1 saturated carbocycles. The summed E-state index contributed by atoms with van der Waals surface area (Å²) in [4.78, 5) is 4.00. The molecule has 0 bridgehead atoms. The summed E-state index contributed by atoms with van der Waals surface area (Å²) in [6, 6.07) is 1.52. The monoisotopic (exact) mass is 348 g/mol. The van der Waals surface area contributed by atoms with Crippen molar-refractivity contribution in [3.63, 3.8) is 0 Å². The summed E-state index contributed by atoms with van der Waals surface area (Å²) in [6.45, 7) is 0.691.